The lowest BCUT2D eigenvalue weighted by atomic mass is 10.2. The molecule has 0 saturated carbocycles. The highest BCUT2D eigenvalue weighted by atomic mass is 16.5. The number of carbonyl (C=O) groups excluding carboxylic acids is 2. The van der Waals surface area contributed by atoms with Crippen LogP contribution in [0.2, 0.25) is 0 Å². The van der Waals surface area contributed by atoms with Gasteiger partial charge in [-0.3, -0.25) is 15.1 Å². The van der Waals surface area contributed by atoms with Crippen LogP contribution in [0.5, 0.6) is 0 Å². The van der Waals surface area contributed by atoms with Crippen molar-refractivity contribution in [1.82, 2.24) is 15.6 Å². The second-order valence-corrected chi connectivity index (χ2v) is 3.92. The molecule has 0 aliphatic heterocycles. The zero-order chi connectivity index (χ0) is 15.0. The lowest BCUT2D eigenvalue weighted by Crippen LogP contribution is -2.41. The van der Waals surface area contributed by atoms with Crippen molar-refractivity contribution < 1.29 is 24.2 Å². The number of aliphatic carboxylic acids is 1. The van der Waals surface area contributed by atoms with Crippen molar-refractivity contribution in [3.63, 3.8) is 0 Å². The molecule has 0 aliphatic rings. The van der Waals surface area contributed by atoms with Crippen molar-refractivity contribution in [3.8, 4) is 0 Å². The minimum absolute atomic E-state index is 0.231. The van der Waals surface area contributed by atoms with Crippen molar-refractivity contribution >= 4 is 17.9 Å². The van der Waals surface area contributed by atoms with Gasteiger partial charge >= 0.3 is 12.0 Å². The minimum Gasteiger partial charge on any atom is -0.480 e. The lowest BCUT2D eigenvalue weighted by Gasteiger charge is -2.08. The molecule has 3 N–H and O–H groups in total. The standard InChI is InChI=1S/C12H15N3O5/c1-8-2-3-13-4-9(8)5-14-12(19)15-10(16)6-20-7-11(17)18/h2-4H,5-7H2,1H3,(H,17,18)(H2,14,15,16,19). The van der Waals surface area contributed by atoms with Gasteiger partial charge in [0.25, 0.3) is 5.91 Å². The monoisotopic (exact) mass is 281 g/mol. The number of hydrogen-bond acceptors (Lipinski definition) is 5. The summed E-state index contributed by atoms with van der Waals surface area (Å²) in [5, 5.41) is 12.8. The fraction of sp³-hybridized carbons (Fsp3) is 0.333. The van der Waals surface area contributed by atoms with Gasteiger partial charge in [0.1, 0.15) is 13.2 Å². The van der Waals surface area contributed by atoms with Crippen LogP contribution < -0.4 is 10.6 Å². The Labute approximate surface area is 115 Å². The first kappa shape index (κ1) is 15.6. The van der Waals surface area contributed by atoms with Gasteiger partial charge in [0.15, 0.2) is 0 Å². The lowest BCUT2D eigenvalue weighted by molar-refractivity contribution is -0.143. The number of carboxylic acid groups (broad SMARTS) is 1. The van der Waals surface area contributed by atoms with Crippen LogP contribution in [0.25, 0.3) is 0 Å². The SMILES string of the molecule is Cc1ccncc1CNC(=O)NC(=O)COCC(=O)O. The van der Waals surface area contributed by atoms with Gasteiger partial charge in [-0.2, -0.15) is 0 Å². The molecule has 20 heavy (non-hydrogen) atoms. The first-order chi connectivity index (χ1) is 9.49. The number of nitrogens with one attached hydrogen (secondary N) is 2. The molecule has 0 radical (unpaired) electrons. The highest BCUT2D eigenvalue weighted by Crippen LogP contribution is 2.03. The van der Waals surface area contributed by atoms with Crippen molar-refractivity contribution in [1.29, 1.82) is 0 Å². The number of amides is 3. The van der Waals surface area contributed by atoms with Gasteiger partial charge in [-0.25, -0.2) is 9.59 Å². The highest BCUT2D eigenvalue weighted by Gasteiger charge is 2.09. The van der Waals surface area contributed by atoms with Gasteiger partial charge in [-0.1, -0.05) is 0 Å². The average molecular weight is 281 g/mol. The smallest absolute Gasteiger partial charge is 0.329 e. The summed E-state index contributed by atoms with van der Waals surface area (Å²) >= 11 is 0. The summed E-state index contributed by atoms with van der Waals surface area (Å²) in [4.78, 5) is 36.7. The third kappa shape index (κ3) is 5.91. The number of ether oxygens (including phenoxy) is 1. The van der Waals surface area contributed by atoms with E-state index in [0.29, 0.717) is 0 Å². The third-order valence-electron chi connectivity index (χ3n) is 2.30. The summed E-state index contributed by atoms with van der Waals surface area (Å²) in [5.41, 5.74) is 1.80. The molecular formula is C12H15N3O5. The fourth-order valence-electron chi connectivity index (χ4n) is 1.30. The molecule has 0 aromatic carbocycles. The molecule has 1 rings (SSSR count). The Morgan fingerprint density at radius 2 is 2.10 bits per heavy atom. The maximum Gasteiger partial charge on any atom is 0.329 e. The summed E-state index contributed by atoms with van der Waals surface area (Å²) in [5.74, 6) is -1.90. The van der Waals surface area contributed by atoms with E-state index in [1.54, 1.807) is 18.5 Å². The van der Waals surface area contributed by atoms with Gasteiger partial charge in [0.05, 0.1) is 0 Å². The van der Waals surface area contributed by atoms with Gasteiger partial charge < -0.3 is 15.2 Å². The summed E-state index contributed by atoms with van der Waals surface area (Å²) < 4.78 is 4.54. The van der Waals surface area contributed by atoms with Crippen LogP contribution in [-0.2, 0) is 20.9 Å². The fourth-order valence-corrected chi connectivity index (χ4v) is 1.30. The number of pyridine rings is 1. The van der Waals surface area contributed by atoms with E-state index in [-0.39, 0.29) is 6.54 Å². The number of carbonyl (C=O) groups is 3. The van der Waals surface area contributed by atoms with Crippen LogP contribution in [0.15, 0.2) is 18.5 Å². The summed E-state index contributed by atoms with van der Waals surface area (Å²) in [7, 11) is 0. The van der Waals surface area contributed by atoms with E-state index in [9.17, 15) is 14.4 Å². The molecule has 8 nitrogen and oxygen atoms in total. The summed E-state index contributed by atoms with van der Waals surface area (Å²) in [6.45, 7) is 1.02. The van der Waals surface area contributed by atoms with Crippen molar-refractivity contribution in [2.75, 3.05) is 13.2 Å². The molecule has 1 aromatic heterocycles. The molecule has 1 aromatic rings. The Morgan fingerprint density at radius 1 is 1.35 bits per heavy atom. The first-order valence-electron chi connectivity index (χ1n) is 5.75. The largest absolute Gasteiger partial charge is 0.480 e. The third-order valence-corrected chi connectivity index (χ3v) is 2.30. The average Bonchev–Trinajstić information content (AvgIpc) is 2.37. The Hall–Kier alpha value is -2.48. The van der Waals surface area contributed by atoms with Crippen LogP contribution in [0, 0.1) is 6.92 Å². The van der Waals surface area contributed by atoms with Gasteiger partial charge in [0.2, 0.25) is 0 Å². The van der Waals surface area contributed by atoms with E-state index in [0.717, 1.165) is 11.1 Å². The highest BCUT2D eigenvalue weighted by molar-refractivity contribution is 5.94. The number of nitrogens with zero attached hydrogens (tertiary/aromatic N) is 1. The number of imide groups is 1. The molecule has 0 unspecified atom stereocenters. The zero-order valence-corrected chi connectivity index (χ0v) is 10.9. The minimum atomic E-state index is -1.19. The second kappa shape index (κ2) is 7.85. The van der Waals surface area contributed by atoms with Gasteiger partial charge in [-0.05, 0) is 24.1 Å². The zero-order valence-electron chi connectivity index (χ0n) is 10.9. The van der Waals surface area contributed by atoms with Crippen LogP contribution in [-0.4, -0.2) is 41.2 Å². The van der Waals surface area contributed by atoms with Gasteiger partial charge in [0, 0.05) is 18.9 Å². The molecular weight excluding hydrogens is 266 g/mol. The first-order valence-corrected chi connectivity index (χ1v) is 5.75. The molecule has 0 fully saturated rings. The van der Waals surface area contributed by atoms with Crippen molar-refractivity contribution in [2.24, 2.45) is 0 Å². The number of aromatic nitrogens is 1. The summed E-state index contributed by atoms with van der Waals surface area (Å²) in [6, 6.07) is 1.12. The number of hydrogen-bond donors (Lipinski definition) is 3. The molecule has 3 amide bonds. The van der Waals surface area contributed by atoms with Crippen molar-refractivity contribution in [3.05, 3.63) is 29.6 Å². The van der Waals surface area contributed by atoms with E-state index < -0.39 is 31.1 Å². The molecule has 0 saturated heterocycles. The van der Waals surface area contributed by atoms with E-state index in [1.807, 2.05) is 12.2 Å². The van der Waals surface area contributed by atoms with E-state index in [1.165, 1.54) is 0 Å². The molecule has 8 heteroatoms. The molecule has 0 atom stereocenters. The van der Waals surface area contributed by atoms with Crippen LogP contribution >= 0.6 is 0 Å². The van der Waals surface area contributed by atoms with Crippen LogP contribution in [0.4, 0.5) is 4.79 Å². The van der Waals surface area contributed by atoms with E-state index in [2.05, 4.69) is 15.0 Å². The second-order valence-electron chi connectivity index (χ2n) is 3.92. The number of carboxylic acids is 1. The molecule has 108 valence electrons. The number of rotatable bonds is 6. The topological polar surface area (TPSA) is 118 Å². The molecule has 0 bridgehead atoms. The molecule has 0 spiro atoms. The van der Waals surface area contributed by atoms with E-state index in [4.69, 9.17) is 5.11 Å². The quantitative estimate of drug-likeness (QED) is 0.665. The Morgan fingerprint density at radius 3 is 2.75 bits per heavy atom. The van der Waals surface area contributed by atoms with Crippen LogP contribution in [0.3, 0.4) is 0 Å². The molecule has 0 aliphatic carbocycles. The number of urea groups is 1. The maximum atomic E-state index is 11.4. The number of aryl methyl sites for hydroxylation is 1. The predicted molar refractivity (Wildman–Crippen MR) is 67.8 cm³/mol. The maximum absolute atomic E-state index is 11.4. The van der Waals surface area contributed by atoms with E-state index >= 15 is 0 Å². The Kier molecular flexibility index (Phi) is 6.11. The van der Waals surface area contributed by atoms with Crippen molar-refractivity contribution in [2.45, 2.75) is 13.5 Å². The Balaban J connectivity index is 2.28. The molecule has 1 heterocycles. The van der Waals surface area contributed by atoms with Crippen LogP contribution in [0.1, 0.15) is 11.1 Å². The Bertz CT molecular complexity index is 504. The normalized spacial score (nSPS) is 9.85. The predicted octanol–water partition coefficient (Wildman–Crippen LogP) is -0.183. The van der Waals surface area contributed by atoms with Gasteiger partial charge in [-0.15, -0.1) is 0 Å². The summed E-state index contributed by atoms with van der Waals surface area (Å²) in [6.07, 6.45) is 3.26.